The van der Waals surface area contributed by atoms with Gasteiger partial charge in [-0.15, -0.1) is 0 Å². The van der Waals surface area contributed by atoms with Crippen molar-refractivity contribution in [2.45, 2.75) is 13.0 Å². The molecule has 120 valence electrons. The van der Waals surface area contributed by atoms with Crippen LogP contribution in [0.3, 0.4) is 0 Å². The molecule has 0 aliphatic heterocycles. The van der Waals surface area contributed by atoms with E-state index in [1.165, 1.54) is 6.20 Å². The highest BCUT2D eigenvalue weighted by Gasteiger charge is 2.02. The fourth-order valence-electron chi connectivity index (χ4n) is 1.78. The molecule has 1 heterocycles. The van der Waals surface area contributed by atoms with E-state index < -0.39 is 17.9 Å². The molecule has 0 radical (unpaired) electrons. The number of nitrogens with one attached hydrogen (secondary N) is 1. The SMILES string of the molecule is O=C(NCCC=Cc1cnc(F)c(F)c1)OCc1ccccc1. The van der Waals surface area contributed by atoms with Gasteiger partial charge >= 0.3 is 6.09 Å². The summed E-state index contributed by atoms with van der Waals surface area (Å²) in [5, 5.41) is 2.60. The molecule has 0 aliphatic carbocycles. The number of nitrogens with zero attached hydrogens (tertiary/aromatic N) is 1. The van der Waals surface area contributed by atoms with Gasteiger partial charge in [0.1, 0.15) is 6.61 Å². The Hall–Kier alpha value is -2.76. The minimum absolute atomic E-state index is 0.211. The number of hydrogen-bond acceptors (Lipinski definition) is 3. The Labute approximate surface area is 132 Å². The predicted molar refractivity (Wildman–Crippen MR) is 82.4 cm³/mol. The van der Waals surface area contributed by atoms with Crippen LogP contribution in [-0.2, 0) is 11.3 Å². The van der Waals surface area contributed by atoms with Gasteiger partial charge in [0.25, 0.3) is 0 Å². The Morgan fingerprint density at radius 2 is 2.04 bits per heavy atom. The third-order valence-electron chi connectivity index (χ3n) is 2.92. The fourth-order valence-corrected chi connectivity index (χ4v) is 1.78. The van der Waals surface area contributed by atoms with Gasteiger partial charge < -0.3 is 10.1 Å². The van der Waals surface area contributed by atoms with Crippen LogP contribution in [0.25, 0.3) is 6.08 Å². The Bertz CT molecular complexity index is 676. The highest BCUT2D eigenvalue weighted by atomic mass is 19.2. The molecule has 1 amide bonds. The fraction of sp³-hybridized carbons (Fsp3) is 0.176. The van der Waals surface area contributed by atoms with Crippen LogP contribution in [0.15, 0.2) is 48.7 Å². The van der Waals surface area contributed by atoms with E-state index in [2.05, 4.69) is 10.3 Å². The molecule has 0 aliphatic rings. The standard InChI is InChI=1S/C17H16F2N2O2/c18-15-10-14(11-21-16(15)19)8-4-5-9-20-17(22)23-12-13-6-2-1-3-7-13/h1-4,6-8,10-11H,5,9,12H2,(H,20,22). The van der Waals surface area contributed by atoms with E-state index in [1.807, 2.05) is 30.3 Å². The van der Waals surface area contributed by atoms with Crippen molar-refractivity contribution in [1.82, 2.24) is 10.3 Å². The molecule has 2 aromatic rings. The van der Waals surface area contributed by atoms with Crippen LogP contribution in [0.5, 0.6) is 0 Å². The second-order valence-electron chi connectivity index (χ2n) is 4.72. The number of carbonyl (C=O) groups excluding carboxylic acids is 1. The van der Waals surface area contributed by atoms with Crippen molar-refractivity contribution in [2.24, 2.45) is 0 Å². The molecule has 23 heavy (non-hydrogen) atoms. The number of ether oxygens (including phenoxy) is 1. The first-order valence-electron chi connectivity index (χ1n) is 7.07. The smallest absolute Gasteiger partial charge is 0.407 e. The monoisotopic (exact) mass is 318 g/mol. The molecule has 4 nitrogen and oxygen atoms in total. The normalized spacial score (nSPS) is 10.7. The van der Waals surface area contributed by atoms with Crippen molar-refractivity contribution in [3.8, 4) is 0 Å². The highest BCUT2D eigenvalue weighted by molar-refractivity contribution is 5.67. The van der Waals surface area contributed by atoms with Gasteiger partial charge in [-0.05, 0) is 23.6 Å². The molecule has 1 N–H and O–H groups in total. The molecule has 0 saturated carbocycles. The Morgan fingerprint density at radius 3 is 2.78 bits per heavy atom. The number of aromatic nitrogens is 1. The van der Waals surface area contributed by atoms with E-state index in [1.54, 1.807) is 12.2 Å². The van der Waals surface area contributed by atoms with Crippen LogP contribution >= 0.6 is 0 Å². The third kappa shape index (κ3) is 5.86. The molecule has 0 fully saturated rings. The molecule has 2 rings (SSSR count). The first-order chi connectivity index (χ1) is 11.1. The summed E-state index contributed by atoms with van der Waals surface area (Å²) >= 11 is 0. The van der Waals surface area contributed by atoms with Crippen LogP contribution in [-0.4, -0.2) is 17.6 Å². The maximum Gasteiger partial charge on any atom is 0.407 e. The van der Waals surface area contributed by atoms with E-state index in [9.17, 15) is 13.6 Å². The highest BCUT2D eigenvalue weighted by Crippen LogP contribution is 2.07. The van der Waals surface area contributed by atoms with Gasteiger partial charge in [0.2, 0.25) is 5.95 Å². The number of carbonyl (C=O) groups is 1. The Balaban J connectivity index is 1.65. The summed E-state index contributed by atoms with van der Waals surface area (Å²) in [5.41, 5.74) is 1.36. The average molecular weight is 318 g/mol. The molecule has 0 unspecified atom stereocenters. The van der Waals surface area contributed by atoms with E-state index in [0.717, 1.165) is 11.6 Å². The summed E-state index contributed by atoms with van der Waals surface area (Å²) in [5.74, 6) is -2.11. The summed E-state index contributed by atoms with van der Waals surface area (Å²) in [6.45, 7) is 0.588. The predicted octanol–water partition coefficient (Wildman–Crippen LogP) is 3.69. The lowest BCUT2D eigenvalue weighted by molar-refractivity contribution is 0.140. The van der Waals surface area contributed by atoms with Crippen molar-refractivity contribution >= 4 is 12.2 Å². The van der Waals surface area contributed by atoms with Crippen molar-refractivity contribution in [1.29, 1.82) is 0 Å². The zero-order valence-electron chi connectivity index (χ0n) is 12.3. The quantitative estimate of drug-likeness (QED) is 0.653. The number of hydrogen-bond donors (Lipinski definition) is 1. The summed E-state index contributed by atoms with van der Waals surface area (Å²) in [7, 11) is 0. The van der Waals surface area contributed by atoms with Gasteiger partial charge in [-0.2, -0.15) is 4.39 Å². The lowest BCUT2D eigenvalue weighted by atomic mass is 10.2. The second-order valence-corrected chi connectivity index (χ2v) is 4.72. The lowest BCUT2D eigenvalue weighted by Gasteiger charge is -2.05. The molecule has 1 aromatic carbocycles. The van der Waals surface area contributed by atoms with Crippen molar-refractivity contribution in [3.05, 3.63) is 71.6 Å². The average Bonchev–Trinajstić information content (AvgIpc) is 2.57. The van der Waals surface area contributed by atoms with Gasteiger partial charge in [-0.25, -0.2) is 14.2 Å². The van der Waals surface area contributed by atoms with Gasteiger partial charge in [-0.1, -0.05) is 42.5 Å². The molecule has 0 atom stereocenters. The van der Waals surface area contributed by atoms with Crippen molar-refractivity contribution < 1.29 is 18.3 Å². The van der Waals surface area contributed by atoms with Gasteiger partial charge in [0, 0.05) is 12.7 Å². The Kier molecular flexibility index (Phi) is 6.23. The minimum Gasteiger partial charge on any atom is -0.445 e. The number of halogens is 2. The number of rotatable bonds is 6. The van der Waals surface area contributed by atoms with E-state index in [-0.39, 0.29) is 6.61 Å². The number of benzene rings is 1. The van der Waals surface area contributed by atoms with Crippen LogP contribution < -0.4 is 5.32 Å². The zero-order chi connectivity index (χ0) is 16.5. The maximum atomic E-state index is 12.9. The molecular formula is C17H16F2N2O2. The third-order valence-corrected chi connectivity index (χ3v) is 2.92. The molecule has 0 bridgehead atoms. The van der Waals surface area contributed by atoms with E-state index in [4.69, 9.17) is 4.74 Å². The summed E-state index contributed by atoms with van der Waals surface area (Å²) in [6.07, 6.45) is 4.59. The second kappa shape index (κ2) is 8.63. The molecular weight excluding hydrogens is 302 g/mol. The van der Waals surface area contributed by atoms with Crippen LogP contribution in [0, 0.1) is 11.8 Å². The van der Waals surface area contributed by atoms with Crippen molar-refractivity contribution in [2.75, 3.05) is 6.54 Å². The zero-order valence-corrected chi connectivity index (χ0v) is 12.3. The molecule has 0 saturated heterocycles. The van der Waals surface area contributed by atoms with E-state index in [0.29, 0.717) is 18.5 Å². The van der Waals surface area contributed by atoms with E-state index >= 15 is 0 Å². The molecule has 1 aromatic heterocycles. The van der Waals surface area contributed by atoms with Crippen LogP contribution in [0.2, 0.25) is 0 Å². The van der Waals surface area contributed by atoms with Gasteiger partial charge in [0.15, 0.2) is 5.82 Å². The van der Waals surface area contributed by atoms with Gasteiger partial charge in [-0.3, -0.25) is 0 Å². The van der Waals surface area contributed by atoms with Gasteiger partial charge in [0.05, 0.1) is 0 Å². The summed E-state index contributed by atoms with van der Waals surface area (Å²) in [4.78, 5) is 14.7. The molecule has 0 spiro atoms. The number of alkyl carbamates (subject to hydrolysis) is 1. The number of pyridine rings is 1. The lowest BCUT2D eigenvalue weighted by Crippen LogP contribution is -2.24. The summed E-state index contributed by atoms with van der Waals surface area (Å²) < 4.78 is 30.6. The molecule has 6 heteroatoms. The minimum atomic E-state index is -1.12. The topological polar surface area (TPSA) is 51.2 Å². The van der Waals surface area contributed by atoms with Crippen molar-refractivity contribution in [3.63, 3.8) is 0 Å². The number of amides is 1. The first-order valence-corrected chi connectivity index (χ1v) is 7.07. The first kappa shape index (κ1) is 16.6. The summed E-state index contributed by atoms with van der Waals surface area (Å²) in [6, 6.07) is 10.4. The largest absolute Gasteiger partial charge is 0.445 e. The Morgan fingerprint density at radius 1 is 1.26 bits per heavy atom. The van der Waals surface area contributed by atoms with Crippen LogP contribution in [0.4, 0.5) is 13.6 Å². The van der Waals surface area contributed by atoms with Crippen LogP contribution in [0.1, 0.15) is 17.5 Å². The maximum absolute atomic E-state index is 12.9.